The number of carbonyl (C=O) groups is 4. The number of carbonyl (C=O) groups excluding carboxylic acids is 3. The van der Waals surface area contributed by atoms with Crippen LogP contribution < -0.4 is 29.6 Å². The first-order valence-electron chi connectivity index (χ1n) is 12.0. The Kier molecular flexibility index (Phi) is 7.91. The number of fused-ring (bicyclic) bond motifs is 5. The van der Waals surface area contributed by atoms with E-state index in [-0.39, 0.29) is 85.6 Å². The van der Waals surface area contributed by atoms with Gasteiger partial charge in [-0.25, -0.2) is 0 Å². The fourth-order valence-corrected chi connectivity index (χ4v) is 7.70. The van der Waals surface area contributed by atoms with Crippen LogP contribution in [0.3, 0.4) is 0 Å². The molecule has 0 spiro atoms. The van der Waals surface area contributed by atoms with E-state index < -0.39 is 41.4 Å². The van der Waals surface area contributed by atoms with Gasteiger partial charge >= 0.3 is 41.5 Å². The molecule has 9 heteroatoms. The van der Waals surface area contributed by atoms with E-state index in [1.165, 1.54) is 0 Å². The second-order valence-corrected chi connectivity index (χ2v) is 11.0. The van der Waals surface area contributed by atoms with Crippen LogP contribution >= 0.6 is 0 Å². The van der Waals surface area contributed by atoms with E-state index in [4.69, 9.17) is 9.84 Å². The number of aliphatic hydroxyl groups is 2. The van der Waals surface area contributed by atoms with Crippen molar-refractivity contribution in [3.63, 3.8) is 0 Å². The van der Waals surface area contributed by atoms with Gasteiger partial charge in [-0.3, -0.25) is 19.2 Å². The molecule has 7 atom stereocenters. The number of esters is 1. The predicted molar refractivity (Wildman–Crippen MR) is 117 cm³/mol. The van der Waals surface area contributed by atoms with Gasteiger partial charge in [0.15, 0.2) is 12.4 Å². The Balaban J connectivity index is 0.00000216. The molecule has 4 rings (SSSR count). The average molecular weight is 487 g/mol. The molecule has 3 fully saturated rings. The zero-order chi connectivity index (χ0) is 24.2. The molecule has 3 saturated carbocycles. The first kappa shape index (κ1) is 27.5. The summed E-state index contributed by atoms with van der Waals surface area (Å²) < 4.78 is 4.97. The molecule has 0 radical (unpaired) electrons. The second kappa shape index (κ2) is 9.77. The van der Waals surface area contributed by atoms with Crippen LogP contribution in [0.1, 0.15) is 73.1 Å². The second-order valence-electron chi connectivity index (χ2n) is 11.0. The van der Waals surface area contributed by atoms with Crippen molar-refractivity contribution in [1.29, 1.82) is 0 Å². The number of ether oxygens (including phenoxy) is 1. The summed E-state index contributed by atoms with van der Waals surface area (Å²) in [6, 6.07) is 0. The molecule has 3 N–H and O–H groups in total. The standard InChI is InChI=1S/C25H34O8.Na.H/c1-23-9-7-15(26)11-14(23)3-4-16-17-8-10-25(32,24(17,2)12-18(27)22(16)23)19(28)13-33-21(31)6-5-20(29)30;;/h11,16-18,22,27,32H,3-10,12-13H2,1-2H3,(H,29,30);;/q;+1;-1/t16-,17-,18-,22+,23-,24-,25-;;/m0../s1. The van der Waals surface area contributed by atoms with Crippen LogP contribution in [0.2, 0.25) is 0 Å². The van der Waals surface area contributed by atoms with Gasteiger partial charge in [-0.15, -0.1) is 0 Å². The van der Waals surface area contributed by atoms with Crippen LogP contribution in [0.5, 0.6) is 0 Å². The van der Waals surface area contributed by atoms with E-state index >= 15 is 0 Å². The van der Waals surface area contributed by atoms with Gasteiger partial charge < -0.3 is 21.5 Å². The topological polar surface area (TPSA) is 138 Å². The van der Waals surface area contributed by atoms with Crippen molar-refractivity contribution >= 4 is 23.5 Å². The average Bonchev–Trinajstić information content (AvgIpc) is 3.02. The smallest absolute Gasteiger partial charge is 1.00 e. The summed E-state index contributed by atoms with van der Waals surface area (Å²) in [5.41, 5.74) is -1.68. The Bertz CT molecular complexity index is 921. The molecule has 0 aromatic carbocycles. The normalized spacial score (nSPS) is 40.7. The van der Waals surface area contributed by atoms with Crippen molar-refractivity contribution in [1.82, 2.24) is 0 Å². The van der Waals surface area contributed by atoms with E-state index in [2.05, 4.69) is 6.92 Å². The maximum Gasteiger partial charge on any atom is 1.00 e. The van der Waals surface area contributed by atoms with Crippen LogP contribution in [-0.2, 0) is 23.9 Å². The molecule has 0 saturated heterocycles. The van der Waals surface area contributed by atoms with Crippen molar-refractivity contribution in [3.05, 3.63) is 11.6 Å². The number of rotatable bonds is 6. The molecule has 8 nitrogen and oxygen atoms in total. The molecular formula is C25H35NaO8. The van der Waals surface area contributed by atoms with Crippen LogP contribution in [0, 0.1) is 28.6 Å². The fraction of sp³-hybridized carbons (Fsp3) is 0.760. The van der Waals surface area contributed by atoms with E-state index in [0.717, 1.165) is 24.8 Å². The Morgan fingerprint density at radius 3 is 2.53 bits per heavy atom. The molecule has 0 amide bonds. The molecule has 0 aromatic heterocycles. The summed E-state index contributed by atoms with van der Waals surface area (Å²) in [5, 5.41) is 31.6. The summed E-state index contributed by atoms with van der Waals surface area (Å²) in [6.07, 6.45) is 4.30. The number of allylic oxidation sites excluding steroid dienone is 1. The Morgan fingerprint density at radius 1 is 1.15 bits per heavy atom. The molecule has 4 aliphatic rings. The molecule has 0 heterocycles. The van der Waals surface area contributed by atoms with Gasteiger partial charge in [0, 0.05) is 11.8 Å². The summed E-state index contributed by atoms with van der Waals surface area (Å²) >= 11 is 0. The Morgan fingerprint density at radius 2 is 1.85 bits per heavy atom. The van der Waals surface area contributed by atoms with Crippen molar-refractivity contribution in [3.8, 4) is 0 Å². The van der Waals surface area contributed by atoms with Crippen LogP contribution in [0.15, 0.2) is 11.6 Å². The first-order chi connectivity index (χ1) is 15.4. The minimum atomic E-state index is -1.71. The molecular weight excluding hydrogens is 451 g/mol. The molecule has 4 aliphatic carbocycles. The number of carboxylic acids is 1. The fourth-order valence-electron chi connectivity index (χ4n) is 7.70. The minimum Gasteiger partial charge on any atom is -1.00 e. The third-order valence-corrected chi connectivity index (χ3v) is 9.42. The van der Waals surface area contributed by atoms with Crippen molar-refractivity contribution in [2.45, 2.75) is 83.3 Å². The van der Waals surface area contributed by atoms with Gasteiger partial charge in [0.25, 0.3) is 0 Å². The Labute approximate surface area is 223 Å². The summed E-state index contributed by atoms with van der Waals surface area (Å²) in [4.78, 5) is 47.5. The zero-order valence-electron chi connectivity index (χ0n) is 21.3. The first-order valence-corrected chi connectivity index (χ1v) is 12.0. The van der Waals surface area contributed by atoms with Crippen molar-refractivity contribution < 1.29 is 70.2 Å². The Hall–Kier alpha value is -1.06. The third-order valence-electron chi connectivity index (χ3n) is 9.42. The number of hydrogen-bond acceptors (Lipinski definition) is 7. The van der Waals surface area contributed by atoms with Crippen molar-refractivity contribution in [2.75, 3.05) is 6.61 Å². The molecule has 34 heavy (non-hydrogen) atoms. The van der Waals surface area contributed by atoms with E-state index in [1.807, 2.05) is 6.92 Å². The molecule has 0 unspecified atom stereocenters. The molecule has 0 aromatic rings. The zero-order valence-corrected chi connectivity index (χ0v) is 22.3. The maximum atomic E-state index is 13.1. The van der Waals surface area contributed by atoms with Gasteiger partial charge in [0.05, 0.1) is 18.9 Å². The van der Waals surface area contributed by atoms with Crippen LogP contribution in [-0.4, -0.2) is 57.1 Å². The quantitative estimate of drug-likeness (QED) is 0.332. The van der Waals surface area contributed by atoms with Gasteiger partial charge in [-0.2, -0.15) is 0 Å². The third kappa shape index (κ3) is 4.34. The SMILES string of the molecule is C[C@]12CCC(=O)C=C1CC[C@@H]1[C@@H]2[C@@H](O)C[C@@]2(C)[C@H]1CC[C@]2(O)C(=O)COC(=O)CCC(=O)O.[H-].[Na+]. The van der Waals surface area contributed by atoms with Crippen LogP contribution in [0.25, 0.3) is 0 Å². The predicted octanol–water partition coefficient (Wildman–Crippen LogP) is -0.686. The number of aliphatic hydroxyl groups excluding tert-OH is 1. The van der Waals surface area contributed by atoms with E-state index in [9.17, 15) is 29.4 Å². The maximum absolute atomic E-state index is 13.1. The number of hydrogen-bond donors (Lipinski definition) is 3. The van der Waals surface area contributed by atoms with Gasteiger partial charge in [0.2, 0.25) is 5.78 Å². The molecule has 184 valence electrons. The van der Waals surface area contributed by atoms with Gasteiger partial charge in [0.1, 0.15) is 5.60 Å². The number of Topliss-reactive ketones (excluding diaryl/α,β-unsaturated/α-hetero) is 1. The largest absolute Gasteiger partial charge is 1.00 e. The monoisotopic (exact) mass is 486 g/mol. The van der Waals surface area contributed by atoms with Crippen LogP contribution in [0.4, 0.5) is 0 Å². The van der Waals surface area contributed by atoms with Gasteiger partial charge in [-0.05, 0) is 67.8 Å². The van der Waals surface area contributed by atoms with Crippen molar-refractivity contribution in [2.24, 2.45) is 28.6 Å². The summed E-state index contributed by atoms with van der Waals surface area (Å²) in [6.45, 7) is 3.41. The summed E-state index contributed by atoms with van der Waals surface area (Å²) in [5.74, 6) is -2.20. The number of ketones is 2. The minimum absolute atomic E-state index is 0. The van der Waals surface area contributed by atoms with Gasteiger partial charge in [-0.1, -0.05) is 19.4 Å². The number of carboxylic acid groups (broad SMARTS) is 1. The molecule has 0 bridgehead atoms. The molecule has 0 aliphatic heterocycles. The van der Waals surface area contributed by atoms with E-state index in [1.54, 1.807) is 6.08 Å². The summed E-state index contributed by atoms with van der Waals surface area (Å²) in [7, 11) is 0. The van der Waals surface area contributed by atoms with E-state index in [0.29, 0.717) is 12.8 Å². The number of aliphatic carboxylic acids is 1.